The van der Waals surface area contributed by atoms with Gasteiger partial charge in [0, 0.05) is 27.2 Å². The van der Waals surface area contributed by atoms with Crippen molar-refractivity contribution in [2.24, 2.45) is 0 Å². The Labute approximate surface area is 204 Å². The number of amides is 1. The monoisotopic (exact) mass is 562 g/mol. The first-order valence-corrected chi connectivity index (χ1v) is 11.5. The minimum Gasteiger partial charge on any atom is -0.447 e. The van der Waals surface area contributed by atoms with Gasteiger partial charge in [-0.1, -0.05) is 0 Å². The fraction of sp³-hybridized carbons (Fsp3) is 0.304. The van der Waals surface area contributed by atoms with Gasteiger partial charge in [-0.15, -0.1) is 0 Å². The van der Waals surface area contributed by atoms with Gasteiger partial charge in [-0.05, 0) is 84.8 Å². The van der Waals surface area contributed by atoms with Crippen molar-refractivity contribution in [1.29, 1.82) is 0 Å². The zero-order chi connectivity index (χ0) is 23.7. The number of alkyl halides is 1. The fourth-order valence-corrected chi connectivity index (χ4v) is 4.33. The van der Waals surface area contributed by atoms with Crippen molar-refractivity contribution in [3.8, 4) is 11.1 Å². The number of benzene rings is 1. The molecule has 3 aromatic rings. The van der Waals surface area contributed by atoms with Crippen LogP contribution in [0.1, 0.15) is 31.1 Å². The largest absolute Gasteiger partial charge is 0.447 e. The number of nitrogens with two attached hydrogens (primary N) is 1. The summed E-state index contributed by atoms with van der Waals surface area (Å²) in [6.07, 6.45) is 1.48. The van der Waals surface area contributed by atoms with Crippen molar-refractivity contribution in [3.63, 3.8) is 0 Å². The summed E-state index contributed by atoms with van der Waals surface area (Å²) >= 11 is 2.29. The number of hydrogen-bond acceptors (Lipinski definition) is 7. The van der Waals surface area contributed by atoms with Gasteiger partial charge in [-0.2, -0.15) is 4.98 Å². The van der Waals surface area contributed by atoms with Crippen LogP contribution >= 0.6 is 22.6 Å². The molecule has 1 saturated heterocycles. The molecule has 1 amide bonds. The predicted molar refractivity (Wildman–Crippen MR) is 134 cm³/mol. The number of anilines is 3. The van der Waals surface area contributed by atoms with Crippen LogP contribution in [0, 0.1) is 10.5 Å². The molecular formula is C23H24FIN6O2. The molecule has 3 heterocycles. The lowest BCUT2D eigenvalue weighted by Gasteiger charge is -2.22. The molecule has 172 valence electrons. The van der Waals surface area contributed by atoms with Crippen molar-refractivity contribution in [3.05, 3.63) is 57.6 Å². The Balaban J connectivity index is 1.55. The van der Waals surface area contributed by atoms with E-state index in [0.717, 1.165) is 26.0 Å². The molecule has 0 spiro atoms. The minimum atomic E-state index is -1.25. The second-order valence-electron chi connectivity index (χ2n) is 7.96. The number of halogens is 2. The van der Waals surface area contributed by atoms with Crippen molar-refractivity contribution in [1.82, 2.24) is 15.0 Å². The molecule has 0 aliphatic carbocycles. The summed E-state index contributed by atoms with van der Waals surface area (Å²) in [5.41, 5.74) is 10.6. The van der Waals surface area contributed by atoms with Crippen LogP contribution in [-0.2, 0) is 4.74 Å². The highest BCUT2D eigenvalue weighted by atomic mass is 127. The topological polar surface area (TPSA) is 106 Å². The maximum atomic E-state index is 13.9. The van der Waals surface area contributed by atoms with Crippen LogP contribution in [0.4, 0.5) is 26.6 Å². The summed E-state index contributed by atoms with van der Waals surface area (Å²) in [4.78, 5) is 26.6. The molecule has 4 rings (SSSR count). The lowest BCUT2D eigenvalue weighted by atomic mass is 10.0. The lowest BCUT2D eigenvalue weighted by Crippen LogP contribution is -2.39. The van der Waals surface area contributed by atoms with Crippen LogP contribution in [0.3, 0.4) is 0 Å². The zero-order valence-electron chi connectivity index (χ0n) is 18.4. The summed E-state index contributed by atoms with van der Waals surface area (Å²) < 4.78 is 20.0. The van der Waals surface area contributed by atoms with Gasteiger partial charge >= 0.3 is 6.09 Å². The Morgan fingerprint density at radius 1 is 1.24 bits per heavy atom. The summed E-state index contributed by atoms with van der Waals surface area (Å²) in [6, 6.07) is 8.44. The Kier molecular flexibility index (Phi) is 6.63. The van der Waals surface area contributed by atoms with Gasteiger partial charge in [-0.3, -0.25) is 9.88 Å². The number of nitrogen functional groups attached to an aromatic ring is 1. The quantitative estimate of drug-likeness (QED) is 0.326. The molecule has 10 heteroatoms. The van der Waals surface area contributed by atoms with E-state index in [4.69, 9.17) is 10.5 Å². The Morgan fingerprint density at radius 2 is 2.03 bits per heavy atom. The average Bonchev–Trinajstić information content (AvgIpc) is 3.17. The summed E-state index contributed by atoms with van der Waals surface area (Å²) in [5, 5.41) is 3.21. The zero-order valence-corrected chi connectivity index (χ0v) is 20.6. The van der Waals surface area contributed by atoms with E-state index in [-0.39, 0.29) is 18.5 Å². The second-order valence-corrected chi connectivity index (χ2v) is 9.12. The molecule has 1 aliphatic rings. The van der Waals surface area contributed by atoms with Crippen LogP contribution in [-0.4, -0.2) is 39.9 Å². The molecule has 3 N–H and O–H groups in total. The third-order valence-electron chi connectivity index (χ3n) is 5.53. The number of nitrogens with one attached hydrogen (secondary N) is 1. The Bertz CT molecular complexity index is 1190. The smallest absolute Gasteiger partial charge is 0.416 e. The molecule has 0 radical (unpaired) electrons. The van der Waals surface area contributed by atoms with Gasteiger partial charge in [0.05, 0.1) is 11.7 Å². The van der Waals surface area contributed by atoms with Crippen molar-refractivity contribution < 1.29 is 13.9 Å². The van der Waals surface area contributed by atoms with Crippen LogP contribution < -0.4 is 16.0 Å². The van der Waals surface area contributed by atoms with E-state index in [9.17, 15) is 9.18 Å². The van der Waals surface area contributed by atoms with Gasteiger partial charge in [0.25, 0.3) is 0 Å². The van der Waals surface area contributed by atoms with Crippen molar-refractivity contribution in [2.75, 3.05) is 22.6 Å². The molecule has 1 aliphatic heterocycles. The number of cyclic esters (lactones) is 1. The van der Waals surface area contributed by atoms with Gasteiger partial charge in [-0.25, -0.2) is 14.2 Å². The molecule has 1 fully saturated rings. The number of carbonyl (C=O) groups is 1. The maximum Gasteiger partial charge on any atom is 0.416 e. The molecule has 0 bridgehead atoms. The molecule has 3 atom stereocenters. The highest BCUT2D eigenvalue weighted by Crippen LogP contribution is 2.31. The number of carbonyl (C=O) groups excluding carboxylic acids is 1. The van der Waals surface area contributed by atoms with E-state index in [2.05, 4.69) is 42.9 Å². The maximum absolute atomic E-state index is 13.9. The Morgan fingerprint density at radius 3 is 2.76 bits per heavy atom. The standard InChI is InChI=1S/C23H24FIN6O2/c1-12-8-19(28-10-17(12)16-9-15(26)4-5-18(16)25)14(3)29-22-27-7-6-21(30-22)31-20(13(2)24)11-33-23(31)32/h4-10,13-14,20H,11,26H2,1-3H3,(H,27,29,30)/t13-,14-,20+/m0/s1. The SMILES string of the molecule is Cc1cc([C@H](C)Nc2nccc(N3C(=O)OC[C@@H]3[C@H](C)F)n2)ncc1-c1cc(N)ccc1I. The van der Waals surface area contributed by atoms with E-state index in [1.54, 1.807) is 6.07 Å². The van der Waals surface area contributed by atoms with Gasteiger partial charge in [0.1, 0.15) is 24.6 Å². The first-order chi connectivity index (χ1) is 15.7. The molecule has 0 saturated carbocycles. The lowest BCUT2D eigenvalue weighted by molar-refractivity contribution is 0.174. The summed E-state index contributed by atoms with van der Waals surface area (Å²) in [5.74, 6) is 0.589. The van der Waals surface area contributed by atoms with Crippen molar-refractivity contribution in [2.45, 2.75) is 39.0 Å². The van der Waals surface area contributed by atoms with Gasteiger partial charge < -0.3 is 15.8 Å². The van der Waals surface area contributed by atoms with Gasteiger partial charge in [0.15, 0.2) is 0 Å². The molecule has 0 unspecified atom stereocenters. The molecule has 33 heavy (non-hydrogen) atoms. The number of rotatable bonds is 6. The van der Waals surface area contributed by atoms with Crippen LogP contribution in [0.5, 0.6) is 0 Å². The van der Waals surface area contributed by atoms with Crippen LogP contribution in [0.2, 0.25) is 0 Å². The highest BCUT2D eigenvalue weighted by molar-refractivity contribution is 14.1. The third-order valence-corrected chi connectivity index (χ3v) is 6.47. The van der Waals surface area contributed by atoms with E-state index < -0.39 is 18.3 Å². The summed E-state index contributed by atoms with van der Waals surface area (Å²) in [6.45, 7) is 5.35. The highest BCUT2D eigenvalue weighted by Gasteiger charge is 2.39. The first-order valence-electron chi connectivity index (χ1n) is 10.5. The fourth-order valence-electron chi connectivity index (χ4n) is 3.70. The molecular weight excluding hydrogens is 538 g/mol. The first kappa shape index (κ1) is 23.1. The number of ether oxygens (including phenoxy) is 1. The Hall–Kier alpha value is -3.02. The van der Waals surface area contributed by atoms with Crippen LogP contribution in [0.25, 0.3) is 11.1 Å². The van der Waals surface area contributed by atoms with E-state index in [1.165, 1.54) is 18.0 Å². The predicted octanol–water partition coefficient (Wildman–Crippen LogP) is 4.89. The van der Waals surface area contributed by atoms with Crippen LogP contribution in [0.15, 0.2) is 42.7 Å². The van der Waals surface area contributed by atoms with E-state index >= 15 is 0 Å². The molecule has 8 nitrogen and oxygen atoms in total. The van der Waals surface area contributed by atoms with E-state index in [0.29, 0.717) is 11.6 Å². The van der Waals surface area contributed by atoms with Crippen molar-refractivity contribution >= 4 is 46.1 Å². The number of nitrogens with zero attached hydrogens (tertiary/aromatic N) is 4. The minimum absolute atomic E-state index is 0.0127. The number of pyridine rings is 1. The second kappa shape index (κ2) is 9.46. The number of aryl methyl sites for hydroxylation is 1. The number of aromatic nitrogens is 3. The third kappa shape index (κ3) is 4.85. The molecule has 1 aromatic carbocycles. The summed E-state index contributed by atoms with van der Waals surface area (Å²) in [7, 11) is 0. The normalized spacial score (nSPS) is 17.5. The number of hydrogen-bond donors (Lipinski definition) is 2. The van der Waals surface area contributed by atoms with E-state index in [1.807, 2.05) is 44.3 Å². The molecule has 2 aromatic heterocycles. The average molecular weight is 562 g/mol. The van der Waals surface area contributed by atoms with Gasteiger partial charge in [0.2, 0.25) is 5.95 Å².